The lowest BCUT2D eigenvalue weighted by atomic mass is 9.88. The normalized spacial score (nSPS) is 15.7. The van der Waals surface area contributed by atoms with Gasteiger partial charge in [-0.2, -0.15) is 0 Å². The van der Waals surface area contributed by atoms with E-state index in [0.717, 1.165) is 53.8 Å². The first kappa shape index (κ1) is 29.9. The van der Waals surface area contributed by atoms with Crippen molar-refractivity contribution in [3.8, 4) is 11.4 Å². The van der Waals surface area contributed by atoms with Crippen molar-refractivity contribution < 1.29 is 29.3 Å². The summed E-state index contributed by atoms with van der Waals surface area (Å²) in [6.07, 6.45) is 2.72. The highest BCUT2D eigenvalue weighted by atomic mass is 16.7. The first-order chi connectivity index (χ1) is 19.2. The monoisotopic (exact) mass is 570 g/mol. The van der Waals surface area contributed by atoms with Crippen molar-refractivity contribution in [3.63, 3.8) is 0 Å². The van der Waals surface area contributed by atoms with Crippen molar-refractivity contribution in [1.82, 2.24) is 29.5 Å². The largest absolute Gasteiger partial charge is 0.516 e. The maximum absolute atomic E-state index is 9.21. The Hall–Kier alpha value is -4.07. The number of nitrogens with one attached hydrogen (secondary N) is 1. The molecule has 3 N–H and O–H groups in total. The maximum atomic E-state index is 9.21. The Morgan fingerprint density at radius 3 is 2.22 bits per heavy atom. The molecule has 1 saturated carbocycles. The number of hydrogen-bond acceptors (Lipinski definition) is 11. The molecule has 3 aromatic rings. The van der Waals surface area contributed by atoms with Crippen LogP contribution in [0, 0.1) is 5.92 Å². The van der Waals surface area contributed by atoms with Crippen LogP contribution < -0.4 is 10.2 Å². The number of aromatic nitrogens is 6. The number of anilines is 2. The molecule has 2 aliphatic rings. The SMILES string of the molecule is CC(C)(C)Nc1ncc(-c2nc(N3CCOCC3)c3ncn(CC4CC4)c3n2)c(C(C)(C)C)n1.O=C(O)OC(=O)O. The molecule has 222 valence electrons. The van der Waals surface area contributed by atoms with Gasteiger partial charge in [0, 0.05) is 36.8 Å². The van der Waals surface area contributed by atoms with Crippen molar-refractivity contribution >= 4 is 35.2 Å². The van der Waals surface area contributed by atoms with Gasteiger partial charge in [0.1, 0.15) is 0 Å². The zero-order valence-electron chi connectivity index (χ0n) is 24.3. The molecule has 14 heteroatoms. The summed E-state index contributed by atoms with van der Waals surface area (Å²) in [7, 11) is 0. The number of carboxylic acid groups (broad SMARTS) is 2. The molecule has 0 bridgehead atoms. The molecule has 1 aliphatic heterocycles. The van der Waals surface area contributed by atoms with Crippen LogP contribution in [0.5, 0.6) is 0 Å². The number of hydrogen-bond donors (Lipinski definition) is 3. The Bertz CT molecular complexity index is 1390. The Morgan fingerprint density at radius 2 is 1.68 bits per heavy atom. The summed E-state index contributed by atoms with van der Waals surface area (Å²) in [5.41, 5.74) is 3.19. The predicted molar refractivity (Wildman–Crippen MR) is 151 cm³/mol. The van der Waals surface area contributed by atoms with Crippen molar-refractivity contribution in [1.29, 1.82) is 0 Å². The molecule has 1 saturated heterocycles. The summed E-state index contributed by atoms with van der Waals surface area (Å²) in [5, 5.41) is 18.4. The van der Waals surface area contributed by atoms with E-state index in [0.29, 0.717) is 25.0 Å². The van der Waals surface area contributed by atoms with Crippen LogP contribution in [-0.2, 0) is 21.4 Å². The van der Waals surface area contributed by atoms with Gasteiger partial charge in [-0.25, -0.2) is 34.5 Å². The highest BCUT2D eigenvalue weighted by Crippen LogP contribution is 2.35. The fourth-order valence-corrected chi connectivity index (χ4v) is 4.35. The Kier molecular flexibility index (Phi) is 8.61. The van der Waals surface area contributed by atoms with E-state index < -0.39 is 12.3 Å². The molecule has 0 spiro atoms. The van der Waals surface area contributed by atoms with Crippen molar-refractivity contribution in [2.24, 2.45) is 5.92 Å². The summed E-state index contributed by atoms with van der Waals surface area (Å²) in [6.45, 7) is 16.7. The van der Waals surface area contributed by atoms with Crippen LogP contribution in [0.3, 0.4) is 0 Å². The molecule has 41 heavy (non-hydrogen) atoms. The Labute approximate surface area is 238 Å². The number of imidazole rings is 1. The highest BCUT2D eigenvalue weighted by Gasteiger charge is 2.28. The molecule has 0 radical (unpaired) electrons. The number of morpholine rings is 1. The van der Waals surface area contributed by atoms with E-state index in [1.54, 1.807) is 0 Å². The second kappa shape index (κ2) is 11.8. The topological polar surface area (TPSA) is 178 Å². The summed E-state index contributed by atoms with van der Waals surface area (Å²) in [5.74, 6) is 2.86. The number of carbonyl (C=O) groups is 2. The third kappa shape index (κ3) is 7.99. The standard InChI is InChI=1S/C25H36N8O.C2H2O5/c1-24(2,3)19-17(13-26-23(28-19)31-25(4,5)6)20-29-21(32-9-11-34-12-10-32)18-22(30-20)33(15-27-18)14-16-7-8-16;3-1(4)7-2(5)6/h13,15-16H,7-12,14H2,1-6H3,(H,26,28,31);(H,3,4)(H,5,6). The number of nitrogens with zero attached hydrogens (tertiary/aromatic N) is 7. The van der Waals surface area contributed by atoms with Crippen LogP contribution >= 0.6 is 0 Å². The molecule has 0 atom stereocenters. The Balaban J connectivity index is 0.000000493. The third-order valence-electron chi connectivity index (χ3n) is 6.31. The van der Waals surface area contributed by atoms with Crippen molar-refractivity contribution in [3.05, 3.63) is 18.2 Å². The minimum absolute atomic E-state index is 0.134. The van der Waals surface area contributed by atoms with E-state index in [4.69, 9.17) is 34.9 Å². The van der Waals surface area contributed by atoms with Gasteiger partial charge in [-0.15, -0.1) is 0 Å². The van der Waals surface area contributed by atoms with Crippen LogP contribution in [0.15, 0.2) is 12.5 Å². The quantitative estimate of drug-likeness (QED) is 0.291. The van der Waals surface area contributed by atoms with Gasteiger partial charge in [0.15, 0.2) is 22.8 Å². The van der Waals surface area contributed by atoms with Gasteiger partial charge >= 0.3 is 12.3 Å². The summed E-state index contributed by atoms with van der Waals surface area (Å²) >= 11 is 0. The second-order valence-electron chi connectivity index (χ2n) is 12.2. The fraction of sp³-hybridized carbons (Fsp3) is 0.593. The van der Waals surface area contributed by atoms with E-state index in [-0.39, 0.29) is 11.0 Å². The van der Waals surface area contributed by atoms with Crippen LogP contribution in [0.1, 0.15) is 60.1 Å². The van der Waals surface area contributed by atoms with Gasteiger partial charge in [0.05, 0.1) is 30.8 Å². The molecular weight excluding hydrogens is 532 g/mol. The lowest BCUT2D eigenvalue weighted by Crippen LogP contribution is -2.37. The van der Waals surface area contributed by atoms with E-state index >= 15 is 0 Å². The fourth-order valence-electron chi connectivity index (χ4n) is 4.35. The van der Waals surface area contributed by atoms with Gasteiger partial charge in [0.2, 0.25) is 5.95 Å². The predicted octanol–water partition coefficient (Wildman–Crippen LogP) is 4.40. The van der Waals surface area contributed by atoms with Crippen LogP contribution in [0.25, 0.3) is 22.6 Å². The average Bonchev–Trinajstić information content (AvgIpc) is 3.60. The lowest BCUT2D eigenvalue weighted by Gasteiger charge is -2.28. The third-order valence-corrected chi connectivity index (χ3v) is 6.31. The molecule has 5 rings (SSSR count). The molecule has 0 aromatic carbocycles. The van der Waals surface area contributed by atoms with E-state index in [2.05, 4.69) is 66.0 Å². The summed E-state index contributed by atoms with van der Waals surface area (Å²) in [4.78, 5) is 45.1. The van der Waals surface area contributed by atoms with E-state index in [9.17, 15) is 9.59 Å². The van der Waals surface area contributed by atoms with Gasteiger partial charge < -0.3 is 34.5 Å². The summed E-state index contributed by atoms with van der Waals surface area (Å²) < 4.78 is 10.9. The van der Waals surface area contributed by atoms with Crippen LogP contribution in [0.4, 0.5) is 21.4 Å². The second-order valence-corrected chi connectivity index (χ2v) is 12.2. The smallest absolute Gasteiger partial charge is 0.449 e. The van der Waals surface area contributed by atoms with Gasteiger partial charge in [-0.05, 0) is 39.5 Å². The molecule has 0 unspecified atom stereocenters. The molecule has 1 aliphatic carbocycles. The number of ether oxygens (including phenoxy) is 2. The zero-order valence-corrected chi connectivity index (χ0v) is 24.3. The first-order valence-electron chi connectivity index (χ1n) is 13.6. The summed E-state index contributed by atoms with van der Waals surface area (Å²) in [6, 6.07) is 0. The number of fused-ring (bicyclic) bond motifs is 1. The first-order valence-corrected chi connectivity index (χ1v) is 13.6. The van der Waals surface area contributed by atoms with E-state index in [1.165, 1.54) is 12.8 Å². The van der Waals surface area contributed by atoms with Gasteiger partial charge in [-0.1, -0.05) is 20.8 Å². The maximum Gasteiger partial charge on any atom is 0.516 e. The lowest BCUT2D eigenvalue weighted by molar-refractivity contribution is 0.0801. The molecule has 14 nitrogen and oxygen atoms in total. The molecule has 3 aromatic heterocycles. The van der Waals surface area contributed by atoms with Crippen LogP contribution in [0.2, 0.25) is 0 Å². The van der Waals surface area contributed by atoms with E-state index in [1.807, 2.05) is 12.5 Å². The number of rotatable bonds is 5. The minimum Gasteiger partial charge on any atom is -0.449 e. The van der Waals surface area contributed by atoms with Crippen LogP contribution in [-0.4, -0.2) is 83.9 Å². The average molecular weight is 571 g/mol. The van der Waals surface area contributed by atoms with Gasteiger partial charge in [-0.3, -0.25) is 0 Å². The molecule has 0 amide bonds. The molecule has 2 fully saturated rings. The van der Waals surface area contributed by atoms with Gasteiger partial charge in [0.25, 0.3) is 0 Å². The van der Waals surface area contributed by atoms with Crippen molar-refractivity contribution in [2.75, 3.05) is 36.5 Å². The minimum atomic E-state index is -1.81. The molecule has 4 heterocycles. The highest BCUT2D eigenvalue weighted by molar-refractivity contribution is 5.86. The molecular formula is C27H38N8O6. The van der Waals surface area contributed by atoms with Crippen molar-refractivity contribution in [2.45, 2.75) is 71.9 Å². The Morgan fingerprint density at radius 1 is 1.02 bits per heavy atom. The zero-order chi connectivity index (χ0) is 29.9.